The number of para-hydroxylation sites is 4. The topological polar surface area (TPSA) is 55.1 Å². The summed E-state index contributed by atoms with van der Waals surface area (Å²) >= 11 is 0. The highest BCUT2D eigenvalue weighted by Gasteiger charge is 2.52. The second-order valence-electron chi connectivity index (χ2n) is 16.3. The summed E-state index contributed by atoms with van der Waals surface area (Å²) < 4.78 is 6.27. The first-order chi connectivity index (χ1) is 31.2. The molecule has 11 aromatic rings. The Morgan fingerprint density at radius 2 is 0.889 bits per heavy atom. The molecule has 294 valence electrons. The number of nitrogens with zero attached hydrogens (tertiary/aromatic N) is 4. The first kappa shape index (κ1) is 35.4. The van der Waals surface area contributed by atoms with Crippen LogP contribution in [0.4, 0.5) is 17.1 Å². The van der Waals surface area contributed by atoms with Gasteiger partial charge in [0.1, 0.15) is 11.2 Å². The van der Waals surface area contributed by atoms with Gasteiger partial charge in [-0.15, -0.1) is 0 Å². The molecule has 0 radical (unpaired) electrons. The molecule has 63 heavy (non-hydrogen) atoms. The predicted octanol–water partition coefficient (Wildman–Crippen LogP) is 14.6. The van der Waals surface area contributed by atoms with Crippen LogP contribution in [0.1, 0.15) is 22.3 Å². The van der Waals surface area contributed by atoms with Gasteiger partial charge in [-0.05, 0) is 93.0 Å². The van der Waals surface area contributed by atoms with Crippen molar-refractivity contribution in [3.05, 3.63) is 241 Å². The molecular formula is C58H36N4O. The van der Waals surface area contributed by atoms with Gasteiger partial charge < -0.3 is 9.32 Å². The molecule has 2 aromatic heterocycles. The molecule has 2 aliphatic rings. The lowest BCUT2D eigenvalue weighted by atomic mass is 9.64. The Morgan fingerprint density at radius 3 is 1.59 bits per heavy atom. The van der Waals surface area contributed by atoms with Crippen LogP contribution in [0.25, 0.3) is 78.4 Å². The van der Waals surface area contributed by atoms with Crippen molar-refractivity contribution in [2.24, 2.45) is 0 Å². The van der Waals surface area contributed by atoms with Crippen LogP contribution in [-0.2, 0) is 5.41 Å². The Balaban J connectivity index is 1.12. The summed E-state index contributed by atoms with van der Waals surface area (Å²) in [6, 6.07) is 77.6. The van der Waals surface area contributed by atoms with Crippen molar-refractivity contribution >= 4 is 39.0 Å². The van der Waals surface area contributed by atoms with Gasteiger partial charge in [-0.3, -0.25) is 0 Å². The van der Waals surface area contributed by atoms with Crippen LogP contribution in [0.5, 0.6) is 0 Å². The first-order valence-corrected chi connectivity index (χ1v) is 21.4. The molecule has 0 bridgehead atoms. The molecule has 1 spiro atoms. The quantitative estimate of drug-likeness (QED) is 0.173. The van der Waals surface area contributed by atoms with Gasteiger partial charge in [0.15, 0.2) is 17.5 Å². The molecule has 0 saturated heterocycles. The monoisotopic (exact) mass is 804 g/mol. The third-order valence-corrected chi connectivity index (χ3v) is 12.9. The highest BCUT2D eigenvalue weighted by Crippen LogP contribution is 2.64. The molecular weight excluding hydrogens is 769 g/mol. The van der Waals surface area contributed by atoms with Gasteiger partial charge >= 0.3 is 0 Å². The number of aromatic nitrogens is 3. The number of anilines is 3. The van der Waals surface area contributed by atoms with Crippen molar-refractivity contribution in [2.45, 2.75) is 5.41 Å². The van der Waals surface area contributed by atoms with Crippen molar-refractivity contribution in [3.8, 4) is 56.4 Å². The zero-order valence-electron chi connectivity index (χ0n) is 34.0. The van der Waals surface area contributed by atoms with Crippen LogP contribution in [0.2, 0.25) is 0 Å². The maximum absolute atomic E-state index is 6.27. The Hall–Kier alpha value is -8.41. The molecule has 0 saturated carbocycles. The van der Waals surface area contributed by atoms with Gasteiger partial charge in [0, 0.05) is 33.2 Å². The third kappa shape index (κ3) is 5.27. The Labute approximate surface area is 364 Å². The maximum Gasteiger partial charge on any atom is 0.164 e. The molecule has 1 aliphatic carbocycles. The van der Waals surface area contributed by atoms with E-state index < -0.39 is 5.41 Å². The summed E-state index contributed by atoms with van der Waals surface area (Å²) in [6.45, 7) is 0. The van der Waals surface area contributed by atoms with Crippen LogP contribution in [0.3, 0.4) is 0 Å². The lowest BCUT2D eigenvalue weighted by molar-refractivity contribution is 0.669. The number of hydrogen-bond acceptors (Lipinski definition) is 5. The van der Waals surface area contributed by atoms with Crippen LogP contribution in [0, 0.1) is 0 Å². The lowest BCUT2D eigenvalue weighted by Crippen LogP contribution is -2.36. The summed E-state index contributed by atoms with van der Waals surface area (Å²) in [5, 5.41) is 2.21. The molecule has 5 heteroatoms. The molecule has 0 fully saturated rings. The number of hydrogen-bond donors (Lipinski definition) is 0. The third-order valence-electron chi connectivity index (χ3n) is 12.9. The van der Waals surface area contributed by atoms with Gasteiger partial charge in [-0.2, -0.15) is 0 Å². The number of rotatable bonds is 5. The van der Waals surface area contributed by atoms with Gasteiger partial charge in [-0.1, -0.05) is 170 Å². The molecule has 5 nitrogen and oxygen atoms in total. The van der Waals surface area contributed by atoms with Crippen LogP contribution in [-0.4, -0.2) is 15.0 Å². The molecule has 1 aliphatic heterocycles. The summed E-state index contributed by atoms with van der Waals surface area (Å²) in [6.07, 6.45) is 0. The summed E-state index contributed by atoms with van der Waals surface area (Å²) in [4.78, 5) is 18.1. The van der Waals surface area contributed by atoms with Gasteiger partial charge in [0.25, 0.3) is 0 Å². The zero-order chi connectivity index (χ0) is 41.5. The van der Waals surface area contributed by atoms with Gasteiger partial charge in [0.05, 0.1) is 16.8 Å². The van der Waals surface area contributed by atoms with Crippen molar-refractivity contribution in [1.82, 2.24) is 15.0 Å². The number of furan rings is 1. The average molecular weight is 805 g/mol. The van der Waals surface area contributed by atoms with Gasteiger partial charge in [-0.25, -0.2) is 15.0 Å². The van der Waals surface area contributed by atoms with Crippen molar-refractivity contribution in [1.29, 1.82) is 0 Å². The molecule has 13 rings (SSSR count). The normalized spacial score (nSPS) is 13.2. The number of fused-ring (bicyclic) bond motifs is 12. The van der Waals surface area contributed by atoms with E-state index in [4.69, 9.17) is 19.4 Å². The van der Waals surface area contributed by atoms with E-state index in [0.29, 0.717) is 17.5 Å². The standard InChI is InChI=1S/C58H36N4O/c1-4-17-37(18-5-1)55-59-56(38-19-6-2-7-20-38)61-57(60-55)43-24-16-27-49-54(43)45-36-39(40-32-34-53-44(35-40)42-23-10-15-30-52(42)63-53)31-33-46(45)58(49)47-25-11-13-28-50(47)62(41-21-8-3-9-22-41)51-29-14-12-26-48(51)58/h1-36H. The molecule has 0 N–H and O–H groups in total. The largest absolute Gasteiger partial charge is 0.456 e. The van der Waals surface area contributed by atoms with Gasteiger partial charge in [0.2, 0.25) is 0 Å². The summed E-state index contributed by atoms with van der Waals surface area (Å²) in [5.74, 6) is 1.89. The fourth-order valence-electron chi connectivity index (χ4n) is 10.3. The van der Waals surface area contributed by atoms with Crippen LogP contribution >= 0.6 is 0 Å². The molecule has 0 atom stereocenters. The Bertz CT molecular complexity index is 3480. The fourth-order valence-corrected chi connectivity index (χ4v) is 10.3. The average Bonchev–Trinajstić information content (AvgIpc) is 3.88. The molecule has 9 aromatic carbocycles. The molecule has 3 heterocycles. The minimum absolute atomic E-state index is 0.627. The number of benzene rings is 9. The smallest absolute Gasteiger partial charge is 0.164 e. The SMILES string of the molecule is c1ccc(-c2nc(-c3ccccc3)nc(-c3cccc4c3-c3cc(-c5ccc6oc7ccccc7c6c5)ccc3C43c4ccccc4N(c4ccccc4)c4ccccc43)n2)cc1. The van der Waals surface area contributed by atoms with Crippen molar-refractivity contribution in [2.75, 3.05) is 4.90 Å². The maximum atomic E-state index is 6.27. The van der Waals surface area contributed by atoms with Crippen molar-refractivity contribution in [3.63, 3.8) is 0 Å². The van der Waals surface area contributed by atoms with E-state index in [9.17, 15) is 0 Å². The Kier molecular flexibility index (Phi) is 7.75. The van der Waals surface area contributed by atoms with E-state index >= 15 is 0 Å². The molecule has 0 unspecified atom stereocenters. The second kappa shape index (κ2) is 13.8. The summed E-state index contributed by atoms with van der Waals surface area (Å²) in [5.41, 5.74) is 16.7. The van der Waals surface area contributed by atoms with Crippen molar-refractivity contribution < 1.29 is 4.42 Å². The lowest BCUT2D eigenvalue weighted by Gasteiger charge is -2.45. The zero-order valence-corrected chi connectivity index (χ0v) is 34.0. The first-order valence-electron chi connectivity index (χ1n) is 21.4. The summed E-state index contributed by atoms with van der Waals surface area (Å²) in [7, 11) is 0. The van der Waals surface area contributed by atoms with E-state index in [2.05, 4.69) is 175 Å². The second-order valence-corrected chi connectivity index (χ2v) is 16.3. The Morgan fingerprint density at radius 1 is 0.349 bits per heavy atom. The highest BCUT2D eigenvalue weighted by molar-refractivity contribution is 6.07. The van der Waals surface area contributed by atoms with E-state index in [0.717, 1.165) is 77.9 Å². The van der Waals surface area contributed by atoms with E-state index in [-0.39, 0.29) is 0 Å². The predicted molar refractivity (Wildman–Crippen MR) is 254 cm³/mol. The highest BCUT2D eigenvalue weighted by atomic mass is 16.3. The van der Waals surface area contributed by atoms with E-state index in [1.807, 2.05) is 48.5 Å². The molecule has 0 amide bonds. The van der Waals surface area contributed by atoms with Crippen LogP contribution < -0.4 is 4.90 Å². The minimum Gasteiger partial charge on any atom is -0.456 e. The van der Waals surface area contributed by atoms with Crippen LogP contribution in [0.15, 0.2) is 223 Å². The minimum atomic E-state index is -0.667. The van der Waals surface area contributed by atoms with E-state index in [1.165, 1.54) is 22.3 Å². The fraction of sp³-hybridized carbons (Fsp3) is 0.0172. The van der Waals surface area contributed by atoms with E-state index in [1.54, 1.807) is 0 Å².